The van der Waals surface area contributed by atoms with Crippen molar-refractivity contribution in [1.82, 2.24) is 14.8 Å². The average molecular weight is 236 g/mol. The van der Waals surface area contributed by atoms with E-state index in [0.29, 0.717) is 11.4 Å². The van der Waals surface area contributed by atoms with Crippen molar-refractivity contribution in [3.05, 3.63) is 47.5 Å². The Morgan fingerprint density at radius 3 is 2.69 bits per heavy atom. The Kier molecular flexibility index (Phi) is 3.31. The summed E-state index contributed by atoms with van der Waals surface area (Å²) in [6.45, 7) is 0.253. The number of benzene rings is 1. The van der Waals surface area contributed by atoms with E-state index in [1.165, 1.54) is 17.3 Å². The van der Waals surface area contributed by atoms with Crippen molar-refractivity contribution in [2.75, 3.05) is 0 Å². The number of halogens is 1. The first-order valence-corrected chi connectivity index (χ1v) is 5.20. The third-order valence-corrected chi connectivity index (χ3v) is 2.37. The zero-order valence-electron chi connectivity index (χ0n) is 8.51. The smallest absolute Gasteiger partial charge is 0.158 e. The fourth-order valence-corrected chi connectivity index (χ4v) is 1.51. The van der Waals surface area contributed by atoms with Crippen molar-refractivity contribution < 1.29 is 4.79 Å². The van der Waals surface area contributed by atoms with Crippen LogP contribution in [0.2, 0.25) is 5.02 Å². The lowest BCUT2D eigenvalue weighted by Crippen LogP contribution is -2.12. The molecule has 0 unspecified atom stereocenters. The molecular weight excluding hydrogens is 226 g/mol. The Labute approximate surface area is 97.9 Å². The molecule has 1 aromatic heterocycles. The Morgan fingerprint density at radius 1 is 1.31 bits per heavy atom. The molecule has 0 saturated carbocycles. The number of nitrogens with zero attached hydrogens (tertiary/aromatic N) is 3. The lowest BCUT2D eigenvalue weighted by Gasteiger charge is -2.01. The lowest BCUT2D eigenvalue weighted by molar-refractivity contribution is -0.119. The molecule has 0 fully saturated rings. The first-order chi connectivity index (χ1) is 7.74. The van der Waals surface area contributed by atoms with E-state index < -0.39 is 0 Å². The summed E-state index contributed by atoms with van der Waals surface area (Å²) in [5.74, 6) is 0.0906. The van der Waals surface area contributed by atoms with Gasteiger partial charge in [0.1, 0.15) is 19.2 Å². The van der Waals surface area contributed by atoms with E-state index in [1.54, 1.807) is 12.1 Å². The summed E-state index contributed by atoms with van der Waals surface area (Å²) in [6.07, 6.45) is 3.33. The van der Waals surface area contributed by atoms with Crippen LogP contribution < -0.4 is 0 Å². The standard InChI is InChI=1S/C11H10ClN3O/c12-10-3-1-9(2-4-10)5-11(16)6-15-8-13-7-14-15/h1-4,7-8H,5-6H2. The van der Waals surface area contributed by atoms with Gasteiger partial charge >= 0.3 is 0 Å². The van der Waals surface area contributed by atoms with Crippen molar-refractivity contribution in [1.29, 1.82) is 0 Å². The first kappa shape index (κ1) is 10.8. The molecule has 0 radical (unpaired) electrons. The van der Waals surface area contributed by atoms with E-state index in [2.05, 4.69) is 10.1 Å². The second-order valence-corrected chi connectivity index (χ2v) is 3.87. The van der Waals surface area contributed by atoms with Crippen LogP contribution in [0.5, 0.6) is 0 Å². The molecule has 2 rings (SSSR count). The SMILES string of the molecule is O=C(Cc1ccc(Cl)cc1)Cn1cncn1. The van der Waals surface area contributed by atoms with Crippen LogP contribution >= 0.6 is 11.6 Å². The van der Waals surface area contributed by atoms with Crippen LogP contribution in [0, 0.1) is 0 Å². The van der Waals surface area contributed by atoms with E-state index in [9.17, 15) is 4.79 Å². The number of hydrogen-bond acceptors (Lipinski definition) is 3. The summed E-state index contributed by atoms with van der Waals surface area (Å²) in [7, 11) is 0. The molecule has 0 aliphatic carbocycles. The number of Topliss-reactive ketones (excluding diaryl/α,β-unsaturated/α-hetero) is 1. The zero-order valence-corrected chi connectivity index (χ0v) is 9.26. The van der Waals surface area contributed by atoms with Gasteiger partial charge < -0.3 is 0 Å². The molecule has 5 heteroatoms. The van der Waals surface area contributed by atoms with Gasteiger partial charge in [0, 0.05) is 11.4 Å². The third-order valence-electron chi connectivity index (χ3n) is 2.12. The van der Waals surface area contributed by atoms with Crippen LogP contribution in [0.3, 0.4) is 0 Å². The highest BCUT2D eigenvalue weighted by atomic mass is 35.5. The number of carbonyl (C=O) groups excluding carboxylic acids is 1. The summed E-state index contributed by atoms with van der Waals surface area (Å²) in [4.78, 5) is 15.4. The molecule has 0 spiro atoms. The molecule has 0 aliphatic rings. The highest BCUT2D eigenvalue weighted by molar-refractivity contribution is 6.30. The quantitative estimate of drug-likeness (QED) is 0.811. The van der Waals surface area contributed by atoms with Gasteiger partial charge in [-0.05, 0) is 17.7 Å². The maximum absolute atomic E-state index is 11.6. The molecule has 2 aromatic rings. The number of aromatic nitrogens is 3. The molecule has 0 N–H and O–H groups in total. The molecule has 16 heavy (non-hydrogen) atoms. The average Bonchev–Trinajstić information content (AvgIpc) is 2.74. The summed E-state index contributed by atoms with van der Waals surface area (Å²) >= 11 is 5.76. The van der Waals surface area contributed by atoms with E-state index in [-0.39, 0.29) is 12.3 Å². The van der Waals surface area contributed by atoms with Gasteiger partial charge in [-0.1, -0.05) is 23.7 Å². The van der Waals surface area contributed by atoms with E-state index in [1.807, 2.05) is 12.1 Å². The van der Waals surface area contributed by atoms with Crippen molar-refractivity contribution in [2.24, 2.45) is 0 Å². The van der Waals surface area contributed by atoms with Gasteiger partial charge in [0.15, 0.2) is 5.78 Å². The molecule has 0 atom stereocenters. The number of ketones is 1. The van der Waals surface area contributed by atoms with Crippen LogP contribution in [0.25, 0.3) is 0 Å². The number of rotatable bonds is 4. The fraction of sp³-hybridized carbons (Fsp3) is 0.182. The third kappa shape index (κ3) is 2.90. The Bertz CT molecular complexity index is 464. The summed E-state index contributed by atoms with van der Waals surface area (Å²) < 4.78 is 1.51. The van der Waals surface area contributed by atoms with Crippen LogP contribution in [0.1, 0.15) is 5.56 Å². The summed E-state index contributed by atoms with van der Waals surface area (Å²) in [6, 6.07) is 7.25. The van der Waals surface area contributed by atoms with Gasteiger partial charge in [-0.2, -0.15) is 5.10 Å². The molecule has 0 aliphatic heterocycles. The van der Waals surface area contributed by atoms with Crippen LogP contribution in [-0.4, -0.2) is 20.5 Å². The Hall–Kier alpha value is -1.68. The maximum atomic E-state index is 11.6. The van der Waals surface area contributed by atoms with Gasteiger partial charge in [-0.3, -0.25) is 4.79 Å². The van der Waals surface area contributed by atoms with Crippen molar-refractivity contribution in [2.45, 2.75) is 13.0 Å². The molecule has 1 aromatic carbocycles. The number of hydrogen-bond donors (Lipinski definition) is 0. The van der Waals surface area contributed by atoms with E-state index >= 15 is 0 Å². The summed E-state index contributed by atoms with van der Waals surface area (Å²) in [5, 5.41) is 4.55. The van der Waals surface area contributed by atoms with Crippen molar-refractivity contribution >= 4 is 17.4 Å². The second kappa shape index (κ2) is 4.90. The highest BCUT2D eigenvalue weighted by Crippen LogP contribution is 2.10. The Balaban J connectivity index is 1.95. The lowest BCUT2D eigenvalue weighted by atomic mass is 10.1. The van der Waals surface area contributed by atoms with Gasteiger partial charge in [0.2, 0.25) is 0 Å². The fourth-order valence-electron chi connectivity index (χ4n) is 1.38. The molecule has 0 bridgehead atoms. The minimum absolute atomic E-state index is 0.0906. The zero-order chi connectivity index (χ0) is 11.4. The maximum Gasteiger partial charge on any atom is 0.158 e. The predicted octanol–water partition coefficient (Wildman–Crippen LogP) is 1.74. The molecule has 82 valence electrons. The second-order valence-electron chi connectivity index (χ2n) is 3.43. The van der Waals surface area contributed by atoms with Crippen LogP contribution in [0.4, 0.5) is 0 Å². The van der Waals surface area contributed by atoms with Gasteiger partial charge in [-0.25, -0.2) is 9.67 Å². The predicted molar refractivity (Wildman–Crippen MR) is 60.2 cm³/mol. The van der Waals surface area contributed by atoms with Crippen LogP contribution in [0.15, 0.2) is 36.9 Å². The van der Waals surface area contributed by atoms with Gasteiger partial charge in [0.05, 0.1) is 0 Å². The topological polar surface area (TPSA) is 47.8 Å². The highest BCUT2D eigenvalue weighted by Gasteiger charge is 2.05. The largest absolute Gasteiger partial charge is 0.297 e. The van der Waals surface area contributed by atoms with Crippen molar-refractivity contribution in [3.63, 3.8) is 0 Å². The monoisotopic (exact) mass is 235 g/mol. The van der Waals surface area contributed by atoms with E-state index in [4.69, 9.17) is 11.6 Å². The molecular formula is C11H10ClN3O. The number of carbonyl (C=O) groups is 1. The Morgan fingerprint density at radius 2 is 2.06 bits per heavy atom. The molecule has 0 saturated heterocycles. The first-order valence-electron chi connectivity index (χ1n) is 4.82. The molecule has 4 nitrogen and oxygen atoms in total. The molecule has 1 heterocycles. The van der Waals surface area contributed by atoms with Crippen molar-refractivity contribution in [3.8, 4) is 0 Å². The summed E-state index contributed by atoms with van der Waals surface area (Å²) in [5.41, 5.74) is 0.953. The minimum Gasteiger partial charge on any atom is -0.297 e. The van der Waals surface area contributed by atoms with Gasteiger partial charge in [0.25, 0.3) is 0 Å². The van der Waals surface area contributed by atoms with Crippen LogP contribution in [-0.2, 0) is 17.8 Å². The van der Waals surface area contributed by atoms with Gasteiger partial charge in [-0.15, -0.1) is 0 Å². The molecule has 0 amide bonds. The normalized spacial score (nSPS) is 10.3. The minimum atomic E-state index is 0.0906. The van der Waals surface area contributed by atoms with E-state index in [0.717, 1.165) is 5.56 Å².